The summed E-state index contributed by atoms with van der Waals surface area (Å²) in [5.41, 5.74) is 1.12. The summed E-state index contributed by atoms with van der Waals surface area (Å²) in [5.74, 6) is 2.27. The molecular weight excluding hydrogens is 280 g/mol. The van der Waals surface area contributed by atoms with Crippen LogP contribution in [0.4, 0.5) is 0 Å². The Balaban J connectivity index is 1.67. The Morgan fingerprint density at radius 3 is 2.77 bits per heavy atom. The van der Waals surface area contributed by atoms with E-state index in [0.29, 0.717) is 25.6 Å². The molecule has 1 aromatic rings. The summed E-state index contributed by atoms with van der Waals surface area (Å²) in [7, 11) is 1.90. The van der Waals surface area contributed by atoms with E-state index in [0.717, 1.165) is 30.0 Å². The molecule has 1 aliphatic carbocycles. The fourth-order valence-electron chi connectivity index (χ4n) is 2.83. The molecular formula is C17H24N2O3. The van der Waals surface area contributed by atoms with Gasteiger partial charge < -0.3 is 20.1 Å². The van der Waals surface area contributed by atoms with Crippen molar-refractivity contribution in [2.75, 3.05) is 26.8 Å². The van der Waals surface area contributed by atoms with Crippen molar-refractivity contribution in [3.05, 3.63) is 23.8 Å². The van der Waals surface area contributed by atoms with Gasteiger partial charge in [-0.25, -0.2) is 0 Å². The Hall–Kier alpha value is -1.75. The molecule has 3 rings (SSSR count). The highest BCUT2D eigenvalue weighted by molar-refractivity contribution is 5.76. The summed E-state index contributed by atoms with van der Waals surface area (Å²) >= 11 is 0. The Labute approximate surface area is 131 Å². The molecule has 1 aromatic carbocycles. The van der Waals surface area contributed by atoms with Crippen LogP contribution in [-0.2, 0) is 4.79 Å². The van der Waals surface area contributed by atoms with Crippen molar-refractivity contribution in [2.24, 2.45) is 5.92 Å². The van der Waals surface area contributed by atoms with Gasteiger partial charge in [0.05, 0.1) is 6.04 Å². The first-order chi connectivity index (χ1) is 10.8. The predicted molar refractivity (Wildman–Crippen MR) is 84.2 cm³/mol. The molecule has 1 atom stereocenters. The van der Waals surface area contributed by atoms with Crippen molar-refractivity contribution < 1.29 is 14.3 Å². The van der Waals surface area contributed by atoms with Gasteiger partial charge in [-0.2, -0.15) is 0 Å². The quantitative estimate of drug-likeness (QED) is 0.757. The molecule has 0 spiro atoms. The Morgan fingerprint density at radius 2 is 2.05 bits per heavy atom. The number of rotatable bonds is 7. The van der Waals surface area contributed by atoms with Gasteiger partial charge in [-0.3, -0.25) is 4.79 Å². The maximum atomic E-state index is 12.1. The lowest BCUT2D eigenvalue weighted by atomic mass is 10.0. The Morgan fingerprint density at radius 1 is 1.27 bits per heavy atom. The third kappa shape index (κ3) is 3.71. The first kappa shape index (κ1) is 15.2. The van der Waals surface area contributed by atoms with Crippen molar-refractivity contribution in [3.63, 3.8) is 0 Å². The number of fused-ring (bicyclic) bond motifs is 1. The van der Waals surface area contributed by atoms with Gasteiger partial charge in [-0.15, -0.1) is 0 Å². The Kier molecular flexibility index (Phi) is 4.83. The first-order valence-corrected chi connectivity index (χ1v) is 8.11. The second kappa shape index (κ2) is 7.01. The van der Waals surface area contributed by atoms with Crippen LogP contribution in [0.1, 0.15) is 37.3 Å². The zero-order valence-electron chi connectivity index (χ0n) is 13.1. The average molecular weight is 304 g/mol. The van der Waals surface area contributed by atoms with Gasteiger partial charge >= 0.3 is 0 Å². The van der Waals surface area contributed by atoms with E-state index >= 15 is 0 Å². The molecule has 5 heteroatoms. The van der Waals surface area contributed by atoms with Crippen LogP contribution in [0, 0.1) is 5.92 Å². The number of carbonyl (C=O) groups is 1. The fraction of sp³-hybridized carbons (Fsp3) is 0.588. The lowest BCUT2D eigenvalue weighted by Gasteiger charge is -2.23. The normalized spacial score (nSPS) is 17.9. The minimum atomic E-state index is 0.0953. The highest BCUT2D eigenvalue weighted by atomic mass is 16.6. The second-order valence-electron chi connectivity index (χ2n) is 5.99. The minimum Gasteiger partial charge on any atom is -0.486 e. The zero-order chi connectivity index (χ0) is 15.4. The monoisotopic (exact) mass is 304 g/mol. The van der Waals surface area contributed by atoms with E-state index in [4.69, 9.17) is 9.47 Å². The largest absolute Gasteiger partial charge is 0.486 e. The van der Waals surface area contributed by atoms with E-state index in [2.05, 4.69) is 10.6 Å². The van der Waals surface area contributed by atoms with Crippen LogP contribution >= 0.6 is 0 Å². The molecule has 2 N–H and O–H groups in total. The molecule has 0 bridgehead atoms. The van der Waals surface area contributed by atoms with Gasteiger partial charge in [0.1, 0.15) is 13.2 Å². The van der Waals surface area contributed by atoms with Crippen LogP contribution < -0.4 is 20.1 Å². The number of carbonyl (C=O) groups excluding carboxylic acids is 1. The van der Waals surface area contributed by atoms with Gasteiger partial charge in [0.15, 0.2) is 11.5 Å². The Bertz CT molecular complexity index is 529. The lowest BCUT2D eigenvalue weighted by Crippen LogP contribution is -2.30. The molecule has 1 heterocycles. The molecule has 22 heavy (non-hydrogen) atoms. The molecule has 0 aromatic heterocycles. The molecule has 1 aliphatic heterocycles. The maximum absolute atomic E-state index is 12.1. The molecule has 0 saturated heterocycles. The van der Waals surface area contributed by atoms with E-state index in [9.17, 15) is 4.79 Å². The van der Waals surface area contributed by atoms with Gasteiger partial charge in [0.2, 0.25) is 5.91 Å². The first-order valence-electron chi connectivity index (χ1n) is 8.11. The summed E-state index contributed by atoms with van der Waals surface area (Å²) in [6.45, 7) is 2.05. The van der Waals surface area contributed by atoms with Gasteiger partial charge in [0, 0.05) is 6.42 Å². The van der Waals surface area contributed by atoms with E-state index in [1.54, 1.807) is 0 Å². The van der Waals surface area contributed by atoms with Crippen molar-refractivity contribution in [1.82, 2.24) is 10.6 Å². The van der Waals surface area contributed by atoms with Crippen molar-refractivity contribution in [3.8, 4) is 11.5 Å². The summed E-state index contributed by atoms with van der Waals surface area (Å²) in [4.78, 5) is 12.1. The minimum absolute atomic E-state index is 0.0953. The third-order valence-corrected chi connectivity index (χ3v) is 4.17. The van der Waals surface area contributed by atoms with Crippen LogP contribution in [0.3, 0.4) is 0 Å². The molecule has 1 saturated carbocycles. The van der Waals surface area contributed by atoms with Crippen LogP contribution in [0.15, 0.2) is 18.2 Å². The summed E-state index contributed by atoms with van der Waals surface area (Å²) in [6, 6.07) is 6.11. The predicted octanol–water partition coefficient (Wildman–Crippen LogP) is 2.02. The van der Waals surface area contributed by atoms with E-state index in [-0.39, 0.29) is 11.9 Å². The number of nitrogens with one attached hydrogen (secondary N) is 2. The molecule has 0 radical (unpaired) electrons. The van der Waals surface area contributed by atoms with Crippen molar-refractivity contribution in [1.29, 1.82) is 0 Å². The maximum Gasteiger partial charge on any atom is 0.220 e. The number of amides is 1. The third-order valence-electron chi connectivity index (χ3n) is 4.17. The van der Waals surface area contributed by atoms with E-state index in [1.165, 1.54) is 12.8 Å². The smallest absolute Gasteiger partial charge is 0.220 e. The average Bonchev–Trinajstić information content (AvgIpc) is 3.37. The summed E-state index contributed by atoms with van der Waals surface area (Å²) in [6.07, 6.45) is 3.78. The van der Waals surface area contributed by atoms with Crippen molar-refractivity contribution in [2.45, 2.75) is 31.7 Å². The standard InChI is InChI=1S/C17H24N2O3/c1-18-8-2-3-16(20)19-17(12-4-5-12)13-6-7-14-15(11-13)22-10-9-21-14/h6-7,11-12,17-18H,2-5,8-10H2,1H3,(H,19,20). The summed E-state index contributed by atoms with van der Waals surface area (Å²) < 4.78 is 11.2. The number of hydrogen-bond donors (Lipinski definition) is 2. The number of benzene rings is 1. The lowest BCUT2D eigenvalue weighted by molar-refractivity contribution is -0.122. The van der Waals surface area contributed by atoms with Gasteiger partial charge in [-0.05, 0) is 56.5 Å². The van der Waals surface area contributed by atoms with Gasteiger partial charge in [-0.1, -0.05) is 6.07 Å². The van der Waals surface area contributed by atoms with E-state index < -0.39 is 0 Å². The molecule has 2 aliphatic rings. The molecule has 1 amide bonds. The fourth-order valence-corrected chi connectivity index (χ4v) is 2.83. The van der Waals surface area contributed by atoms with Gasteiger partial charge in [0.25, 0.3) is 0 Å². The SMILES string of the molecule is CNCCCC(=O)NC(c1ccc2c(c1)OCCO2)C1CC1. The van der Waals surface area contributed by atoms with Crippen LogP contribution in [0.5, 0.6) is 11.5 Å². The number of ether oxygens (including phenoxy) is 2. The summed E-state index contributed by atoms with van der Waals surface area (Å²) in [5, 5.41) is 6.26. The highest BCUT2D eigenvalue weighted by Gasteiger charge is 2.34. The second-order valence-corrected chi connectivity index (χ2v) is 5.99. The molecule has 120 valence electrons. The van der Waals surface area contributed by atoms with Crippen LogP contribution in [-0.4, -0.2) is 32.7 Å². The highest BCUT2D eigenvalue weighted by Crippen LogP contribution is 2.43. The number of hydrogen-bond acceptors (Lipinski definition) is 4. The topological polar surface area (TPSA) is 59.6 Å². The van der Waals surface area contributed by atoms with Crippen LogP contribution in [0.2, 0.25) is 0 Å². The van der Waals surface area contributed by atoms with Crippen LogP contribution in [0.25, 0.3) is 0 Å². The van der Waals surface area contributed by atoms with E-state index in [1.807, 2.05) is 25.2 Å². The molecule has 1 fully saturated rings. The van der Waals surface area contributed by atoms with Crippen molar-refractivity contribution >= 4 is 5.91 Å². The zero-order valence-corrected chi connectivity index (χ0v) is 13.1. The molecule has 5 nitrogen and oxygen atoms in total. The molecule has 1 unspecified atom stereocenters.